The van der Waals surface area contributed by atoms with Crippen LogP contribution >= 0.6 is 11.3 Å². The van der Waals surface area contributed by atoms with Crippen LogP contribution in [-0.2, 0) is 4.79 Å². The van der Waals surface area contributed by atoms with Gasteiger partial charge in [-0.2, -0.15) is 0 Å². The van der Waals surface area contributed by atoms with Crippen molar-refractivity contribution in [1.82, 2.24) is 9.97 Å². The standard InChI is InChI=1S/C21H26N4O3S/c1-6-27-16-9-8-15(10-17(16)28-7-2)24-18(26)11-25(5)20-19-13(3)14(4)29-21(19)23-12-22-20/h8-10,12H,6-7,11H2,1-5H3,(H,24,26). The molecule has 0 aliphatic rings. The number of rotatable bonds is 8. The van der Waals surface area contributed by atoms with E-state index in [2.05, 4.69) is 29.1 Å². The molecule has 0 unspecified atom stereocenters. The average molecular weight is 415 g/mol. The smallest absolute Gasteiger partial charge is 0.243 e. The molecule has 0 fully saturated rings. The van der Waals surface area contributed by atoms with Gasteiger partial charge in [-0.3, -0.25) is 4.79 Å². The quantitative estimate of drug-likeness (QED) is 0.596. The number of likely N-dealkylation sites (N-methyl/N-ethyl adjacent to an activating group) is 1. The summed E-state index contributed by atoms with van der Waals surface area (Å²) in [5.41, 5.74) is 1.81. The highest BCUT2D eigenvalue weighted by Crippen LogP contribution is 2.34. The molecule has 8 heteroatoms. The molecule has 3 aromatic rings. The van der Waals surface area contributed by atoms with E-state index in [1.165, 1.54) is 4.88 Å². The Bertz CT molecular complexity index is 1020. The topological polar surface area (TPSA) is 76.6 Å². The summed E-state index contributed by atoms with van der Waals surface area (Å²) in [5.74, 6) is 1.89. The minimum atomic E-state index is -0.143. The molecule has 0 atom stereocenters. The number of carbonyl (C=O) groups is 1. The molecule has 0 bridgehead atoms. The summed E-state index contributed by atoms with van der Waals surface area (Å²) in [6.07, 6.45) is 1.54. The molecule has 154 valence electrons. The fourth-order valence-electron chi connectivity index (χ4n) is 3.07. The molecule has 1 aromatic carbocycles. The molecule has 0 aliphatic heterocycles. The van der Waals surface area contributed by atoms with Crippen LogP contribution in [0.4, 0.5) is 11.5 Å². The molecule has 2 heterocycles. The number of anilines is 2. The van der Waals surface area contributed by atoms with E-state index in [0.29, 0.717) is 30.4 Å². The number of aryl methyl sites for hydroxylation is 2. The Labute approximate surface area is 174 Å². The number of benzene rings is 1. The Morgan fingerprint density at radius 1 is 1.14 bits per heavy atom. The summed E-state index contributed by atoms with van der Waals surface area (Å²) in [5, 5.41) is 3.93. The lowest BCUT2D eigenvalue weighted by atomic mass is 10.2. The van der Waals surface area contributed by atoms with Gasteiger partial charge < -0.3 is 19.7 Å². The van der Waals surface area contributed by atoms with Crippen LogP contribution in [0.1, 0.15) is 24.3 Å². The Hall–Kier alpha value is -2.87. The number of hydrogen-bond donors (Lipinski definition) is 1. The Morgan fingerprint density at radius 2 is 1.86 bits per heavy atom. The SMILES string of the molecule is CCOc1ccc(NC(=O)CN(C)c2ncnc3sc(C)c(C)c23)cc1OCC. The number of ether oxygens (including phenoxy) is 2. The third kappa shape index (κ3) is 4.59. The summed E-state index contributed by atoms with van der Waals surface area (Å²) in [4.78, 5) is 25.4. The van der Waals surface area contributed by atoms with Gasteiger partial charge in [0.15, 0.2) is 11.5 Å². The van der Waals surface area contributed by atoms with Crippen molar-refractivity contribution in [3.05, 3.63) is 35.0 Å². The molecule has 29 heavy (non-hydrogen) atoms. The molecule has 0 saturated heterocycles. The predicted molar refractivity (Wildman–Crippen MR) is 118 cm³/mol. The second-order valence-electron chi connectivity index (χ2n) is 6.59. The van der Waals surface area contributed by atoms with Crippen LogP contribution in [0.25, 0.3) is 10.2 Å². The first-order valence-electron chi connectivity index (χ1n) is 9.55. The maximum Gasteiger partial charge on any atom is 0.243 e. The molecule has 0 spiro atoms. The Kier molecular flexibility index (Phi) is 6.53. The third-order valence-corrected chi connectivity index (χ3v) is 5.63. The van der Waals surface area contributed by atoms with E-state index in [9.17, 15) is 4.79 Å². The highest BCUT2D eigenvalue weighted by molar-refractivity contribution is 7.18. The molecule has 0 radical (unpaired) electrons. The van der Waals surface area contributed by atoms with Gasteiger partial charge in [0.1, 0.15) is 17.0 Å². The highest BCUT2D eigenvalue weighted by Gasteiger charge is 2.17. The van der Waals surface area contributed by atoms with Gasteiger partial charge >= 0.3 is 0 Å². The van der Waals surface area contributed by atoms with E-state index in [1.54, 1.807) is 35.9 Å². The average Bonchev–Trinajstić information content (AvgIpc) is 2.98. The molecule has 2 aromatic heterocycles. The van der Waals surface area contributed by atoms with Crippen LogP contribution in [-0.4, -0.2) is 42.7 Å². The number of hydrogen-bond acceptors (Lipinski definition) is 7. The minimum absolute atomic E-state index is 0.143. The summed E-state index contributed by atoms with van der Waals surface area (Å²) in [7, 11) is 1.86. The number of aromatic nitrogens is 2. The molecule has 0 aliphatic carbocycles. The third-order valence-electron chi connectivity index (χ3n) is 4.51. The largest absolute Gasteiger partial charge is 0.490 e. The summed E-state index contributed by atoms with van der Waals surface area (Å²) in [6.45, 7) is 9.19. The van der Waals surface area contributed by atoms with E-state index in [0.717, 1.165) is 21.6 Å². The van der Waals surface area contributed by atoms with Gasteiger partial charge in [-0.05, 0) is 45.4 Å². The zero-order chi connectivity index (χ0) is 21.0. The predicted octanol–water partition coefficient (Wildman–Crippen LogP) is 4.18. The van der Waals surface area contributed by atoms with Gasteiger partial charge in [-0.1, -0.05) is 0 Å². The summed E-state index contributed by atoms with van der Waals surface area (Å²) in [6, 6.07) is 5.39. The number of thiophene rings is 1. The van der Waals surface area contributed by atoms with E-state index >= 15 is 0 Å². The van der Waals surface area contributed by atoms with Crippen molar-refractivity contribution >= 4 is 39.0 Å². The van der Waals surface area contributed by atoms with Crippen molar-refractivity contribution < 1.29 is 14.3 Å². The molecule has 3 rings (SSSR count). The molecule has 1 N–H and O–H groups in total. The van der Waals surface area contributed by atoms with E-state index < -0.39 is 0 Å². The second-order valence-corrected chi connectivity index (χ2v) is 7.80. The first-order valence-corrected chi connectivity index (χ1v) is 10.4. The van der Waals surface area contributed by atoms with Crippen LogP contribution in [0, 0.1) is 13.8 Å². The molecule has 7 nitrogen and oxygen atoms in total. The van der Waals surface area contributed by atoms with E-state index in [4.69, 9.17) is 9.47 Å². The Morgan fingerprint density at radius 3 is 2.59 bits per heavy atom. The van der Waals surface area contributed by atoms with E-state index in [-0.39, 0.29) is 12.5 Å². The van der Waals surface area contributed by atoms with Crippen LogP contribution in [0.15, 0.2) is 24.5 Å². The van der Waals surface area contributed by atoms with Crippen molar-refractivity contribution in [2.75, 3.05) is 37.0 Å². The zero-order valence-electron chi connectivity index (χ0n) is 17.4. The van der Waals surface area contributed by atoms with Crippen molar-refractivity contribution in [3.63, 3.8) is 0 Å². The molecule has 0 saturated carbocycles. The number of amides is 1. The van der Waals surface area contributed by atoms with Gasteiger partial charge in [0.05, 0.1) is 25.1 Å². The first kappa shape index (κ1) is 20.9. The van der Waals surface area contributed by atoms with E-state index in [1.807, 2.05) is 25.8 Å². The van der Waals surface area contributed by atoms with Crippen molar-refractivity contribution in [2.45, 2.75) is 27.7 Å². The van der Waals surface area contributed by atoms with Gasteiger partial charge in [-0.25, -0.2) is 9.97 Å². The number of carbonyl (C=O) groups excluding carboxylic acids is 1. The van der Waals surface area contributed by atoms with Gasteiger partial charge in [0.25, 0.3) is 0 Å². The lowest BCUT2D eigenvalue weighted by molar-refractivity contribution is -0.114. The number of nitrogens with one attached hydrogen (secondary N) is 1. The van der Waals surface area contributed by atoms with Gasteiger partial charge in [-0.15, -0.1) is 11.3 Å². The lowest BCUT2D eigenvalue weighted by Gasteiger charge is -2.19. The van der Waals surface area contributed by atoms with Gasteiger partial charge in [0.2, 0.25) is 5.91 Å². The van der Waals surface area contributed by atoms with Crippen molar-refractivity contribution in [3.8, 4) is 11.5 Å². The highest BCUT2D eigenvalue weighted by atomic mass is 32.1. The van der Waals surface area contributed by atoms with Crippen LogP contribution in [0.5, 0.6) is 11.5 Å². The van der Waals surface area contributed by atoms with Crippen molar-refractivity contribution in [1.29, 1.82) is 0 Å². The van der Waals surface area contributed by atoms with Gasteiger partial charge in [0, 0.05) is 23.7 Å². The first-order chi connectivity index (χ1) is 13.9. The number of fused-ring (bicyclic) bond motifs is 1. The molecular weight excluding hydrogens is 388 g/mol. The maximum atomic E-state index is 12.6. The normalized spacial score (nSPS) is 10.8. The molecule has 1 amide bonds. The van der Waals surface area contributed by atoms with Crippen molar-refractivity contribution in [2.24, 2.45) is 0 Å². The summed E-state index contributed by atoms with van der Waals surface area (Å²) >= 11 is 1.64. The monoisotopic (exact) mass is 414 g/mol. The minimum Gasteiger partial charge on any atom is -0.490 e. The molecular formula is C21H26N4O3S. The lowest BCUT2D eigenvalue weighted by Crippen LogP contribution is -2.30. The Balaban J connectivity index is 1.75. The summed E-state index contributed by atoms with van der Waals surface area (Å²) < 4.78 is 11.2. The fraction of sp³-hybridized carbons (Fsp3) is 0.381. The number of nitrogens with zero attached hydrogens (tertiary/aromatic N) is 3. The maximum absolute atomic E-state index is 12.6. The zero-order valence-corrected chi connectivity index (χ0v) is 18.2. The second kappa shape index (κ2) is 9.09. The van der Waals surface area contributed by atoms with Crippen LogP contribution in [0.3, 0.4) is 0 Å². The van der Waals surface area contributed by atoms with Crippen LogP contribution < -0.4 is 19.7 Å². The fourth-order valence-corrected chi connectivity index (χ4v) is 4.06. The van der Waals surface area contributed by atoms with Crippen LogP contribution in [0.2, 0.25) is 0 Å².